The van der Waals surface area contributed by atoms with Gasteiger partial charge in [0.05, 0.1) is 0 Å². The summed E-state index contributed by atoms with van der Waals surface area (Å²) >= 11 is 0. The molecule has 0 amide bonds. The van der Waals surface area contributed by atoms with E-state index in [2.05, 4.69) is 0 Å². The molecule has 0 aliphatic carbocycles. The van der Waals surface area contributed by atoms with Crippen LogP contribution >= 0.6 is 0 Å². The summed E-state index contributed by atoms with van der Waals surface area (Å²) < 4.78 is 52.2. The zero-order valence-electron chi connectivity index (χ0n) is 11.2. The number of nitrogens with two attached hydrogens (primary N) is 1. The van der Waals surface area contributed by atoms with Gasteiger partial charge in [-0.05, 0) is 18.1 Å². The first-order valence-corrected chi connectivity index (χ1v) is 7.35. The van der Waals surface area contributed by atoms with Crippen LogP contribution in [0.25, 0.3) is 0 Å². The molecule has 0 aliphatic rings. The van der Waals surface area contributed by atoms with Gasteiger partial charge in [0.2, 0.25) is 10.0 Å². The second-order valence-electron chi connectivity index (χ2n) is 4.61. The highest BCUT2D eigenvalue weighted by atomic mass is 32.2. The van der Waals surface area contributed by atoms with Crippen LogP contribution in [-0.2, 0) is 10.0 Å². The van der Waals surface area contributed by atoms with E-state index in [1.807, 2.05) is 13.8 Å². The summed E-state index contributed by atoms with van der Waals surface area (Å²) in [6.07, 6.45) is 0.785. The molecule has 0 bridgehead atoms. The molecule has 0 saturated carbocycles. The Kier molecular flexibility index (Phi) is 4.86. The van der Waals surface area contributed by atoms with Gasteiger partial charge < -0.3 is 5.73 Å². The van der Waals surface area contributed by atoms with E-state index in [1.54, 1.807) is 0 Å². The number of hydrogen-bond donors (Lipinski definition) is 1. The van der Waals surface area contributed by atoms with E-state index in [4.69, 9.17) is 5.73 Å². The van der Waals surface area contributed by atoms with Gasteiger partial charge >= 0.3 is 0 Å². The van der Waals surface area contributed by atoms with Gasteiger partial charge in [0, 0.05) is 19.3 Å². The van der Waals surface area contributed by atoms with E-state index >= 15 is 0 Å². The molecule has 0 aromatic heterocycles. The Balaban J connectivity index is 3.20. The van der Waals surface area contributed by atoms with Crippen LogP contribution in [0.4, 0.5) is 14.5 Å². The molecule has 0 saturated heterocycles. The molecule has 1 aromatic carbocycles. The average Bonchev–Trinajstić information content (AvgIpc) is 2.33. The van der Waals surface area contributed by atoms with Crippen LogP contribution in [-0.4, -0.2) is 26.3 Å². The predicted molar refractivity (Wildman–Crippen MR) is 70.0 cm³/mol. The van der Waals surface area contributed by atoms with Gasteiger partial charge in [-0.15, -0.1) is 0 Å². The molecule has 2 N–H and O–H groups in total. The SMILES string of the molecule is CCC(C)CN(C)S(=O)(=O)c1cc(N)cc(F)c1F. The van der Waals surface area contributed by atoms with Crippen molar-refractivity contribution in [2.75, 3.05) is 19.3 Å². The van der Waals surface area contributed by atoms with Crippen LogP contribution in [0.1, 0.15) is 20.3 Å². The summed E-state index contributed by atoms with van der Waals surface area (Å²) in [5, 5.41) is 0. The van der Waals surface area contributed by atoms with Crippen molar-refractivity contribution in [3.8, 4) is 0 Å². The number of rotatable bonds is 5. The van der Waals surface area contributed by atoms with Gasteiger partial charge in [0.15, 0.2) is 11.6 Å². The average molecular weight is 292 g/mol. The van der Waals surface area contributed by atoms with Crippen LogP contribution in [0.15, 0.2) is 17.0 Å². The number of halogens is 2. The van der Waals surface area contributed by atoms with Gasteiger partial charge in [-0.25, -0.2) is 21.5 Å². The minimum atomic E-state index is -4.08. The van der Waals surface area contributed by atoms with Crippen LogP contribution in [0.3, 0.4) is 0 Å². The van der Waals surface area contributed by atoms with Gasteiger partial charge in [0.1, 0.15) is 4.90 Å². The van der Waals surface area contributed by atoms with Crippen molar-refractivity contribution in [3.63, 3.8) is 0 Å². The Bertz CT molecular complexity index is 561. The lowest BCUT2D eigenvalue weighted by Gasteiger charge is -2.21. The molecule has 0 heterocycles. The van der Waals surface area contributed by atoms with Crippen molar-refractivity contribution in [2.24, 2.45) is 5.92 Å². The Hall–Kier alpha value is -1.21. The normalized spacial score (nSPS) is 13.8. The Labute approximate surface area is 112 Å². The molecule has 19 heavy (non-hydrogen) atoms. The second-order valence-corrected chi connectivity index (χ2v) is 6.63. The minimum absolute atomic E-state index is 0.119. The maximum absolute atomic E-state index is 13.6. The molecule has 0 spiro atoms. The third-order valence-electron chi connectivity index (χ3n) is 2.97. The third kappa shape index (κ3) is 3.42. The lowest BCUT2D eigenvalue weighted by Crippen LogP contribution is -2.31. The van der Waals surface area contributed by atoms with Gasteiger partial charge in [-0.2, -0.15) is 0 Å². The molecule has 108 valence electrons. The first-order chi connectivity index (χ1) is 8.70. The summed E-state index contributed by atoms with van der Waals surface area (Å²) in [6.45, 7) is 4.03. The molecule has 1 atom stereocenters. The van der Waals surface area contributed by atoms with E-state index in [1.165, 1.54) is 7.05 Å². The molecule has 0 aliphatic heterocycles. The summed E-state index contributed by atoms with van der Waals surface area (Å²) in [5.74, 6) is -2.55. The number of benzene rings is 1. The lowest BCUT2D eigenvalue weighted by atomic mass is 10.1. The van der Waals surface area contributed by atoms with Crippen molar-refractivity contribution in [3.05, 3.63) is 23.8 Å². The van der Waals surface area contributed by atoms with Crippen molar-refractivity contribution < 1.29 is 17.2 Å². The fraction of sp³-hybridized carbons (Fsp3) is 0.500. The van der Waals surface area contributed by atoms with E-state index < -0.39 is 26.6 Å². The lowest BCUT2D eigenvalue weighted by molar-refractivity contribution is 0.389. The first kappa shape index (κ1) is 15.8. The highest BCUT2D eigenvalue weighted by Crippen LogP contribution is 2.24. The number of hydrogen-bond acceptors (Lipinski definition) is 3. The van der Waals surface area contributed by atoms with Crippen molar-refractivity contribution in [1.29, 1.82) is 0 Å². The number of sulfonamides is 1. The highest BCUT2D eigenvalue weighted by Gasteiger charge is 2.27. The fourth-order valence-corrected chi connectivity index (χ4v) is 3.00. The summed E-state index contributed by atoms with van der Waals surface area (Å²) in [4.78, 5) is -0.726. The Morgan fingerprint density at radius 2 is 1.95 bits per heavy atom. The smallest absolute Gasteiger partial charge is 0.245 e. The Morgan fingerprint density at radius 1 is 1.37 bits per heavy atom. The van der Waals surface area contributed by atoms with Crippen LogP contribution < -0.4 is 5.73 Å². The molecule has 0 radical (unpaired) electrons. The second kappa shape index (κ2) is 5.83. The standard InChI is InChI=1S/C12H18F2N2O2S/c1-4-8(2)7-16(3)19(17,18)11-6-9(15)5-10(13)12(11)14/h5-6,8H,4,7,15H2,1-3H3. The summed E-state index contributed by atoms with van der Waals surface area (Å²) in [7, 11) is -2.75. The molecule has 0 fully saturated rings. The maximum atomic E-state index is 13.6. The zero-order valence-corrected chi connectivity index (χ0v) is 12.0. The van der Waals surface area contributed by atoms with Crippen LogP contribution in [0, 0.1) is 17.6 Å². The predicted octanol–water partition coefficient (Wildman–Crippen LogP) is 2.21. The van der Waals surface area contributed by atoms with E-state index in [-0.39, 0.29) is 18.2 Å². The van der Waals surface area contributed by atoms with Crippen LogP contribution in [0.2, 0.25) is 0 Å². The molecule has 4 nitrogen and oxygen atoms in total. The number of nitrogen functional groups attached to an aromatic ring is 1. The van der Waals surface area contributed by atoms with Crippen molar-refractivity contribution in [2.45, 2.75) is 25.2 Å². The van der Waals surface area contributed by atoms with E-state index in [0.29, 0.717) is 0 Å². The highest BCUT2D eigenvalue weighted by molar-refractivity contribution is 7.89. The minimum Gasteiger partial charge on any atom is -0.399 e. The first-order valence-electron chi connectivity index (χ1n) is 5.91. The van der Waals surface area contributed by atoms with Gasteiger partial charge in [-0.3, -0.25) is 0 Å². The topological polar surface area (TPSA) is 63.4 Å². The van der Waals surface area contributed by atoms with Crippen molar-refractivity contribution >= 4 is 15.7 Å². The van der Waals surface area contributed by atoms with E-state index in [0.717, 1.165) is 22.9 Å². The molecular weight excluding hydrogens is 274 g/mol. The van der Waals surface area contributed by atoms with Crippen molar-refractivity contribution in [1.82, 2.24) is 4.31 Å². The van der Waals surface area contributed by atoms with Gasteiger partial charge in [-0.1, -0.05) is 20.3 Å². The maximum Gasteiger partial charge on any atom is 0.245 e. The molecule has 7 heteroatoms. The fourth-order valence-electron chi connectivity index (χ4n) is 1.61. The molecule has 1 unspecified atom stereocenters. The van der Waals surface area contributed by atoms with Crippen LogP contribution in [0.5, 0.6) is 0 Å². The third-order valence-corrected chi connectivity index (χ3v) is 4.79. The van der Waals surface area contributed by atoms with Gasteiger partial charge in [0.25, 0.3) is 0 Å². The quantitative estimate of drug-likeness (QED) is 0.846. The molecule has 1 aromatic rings. The largest absolute Gasteiger partial charge is 0.399 e. The monoisotopic (exact) mass is 292 g/mol. The summed E-state index contributed by atoms with van der Waals surface area (Å²) in [5.41, 5.74) is 5.23. The Morgan fingerprint density at radius 3 is 2.47 bits per heavy atom. The van der Waals surface area contributed by atoms with E-state index in [9.17, 15) is 17.2 Å². The zero-order chi connectivity index (χ0) is 14.8. The number of nitrogens with zero attached hydrogens (tertiary/aromatic N) is 1. The number of anilines is 1. The molecule has 1 rings (SSSR count). The summed E-state index contributed by atoms with van der Waals surface area (Å²) in [6, 6.07) is 1.68. The molecular formula is C12H18F2N2O2S.